The molecule has 0 spiro atoms. The third kappa shape index (κ3) is 5.68. The molecule has 0 radical (unpaired) electrons. The van der Waals surface area contributed by atoms with Gasteiger partial charge in [-0.25, -0.2) is 4.31 Å². The molecule has 4 nitrogen and oxygen atoms in total. The Kier molecular flexibility index (Phi) is 6.81. The Balaban J connectivity index is 3.16. The van der Waals surface area contributed by atoms with E-state index in [1.165, 1.54) is 24.1 Å². The monoisotopic (exact) mass is 368 g/mol. The number of likely N-dealkylation sites (N-methyl/N-ethyl adjacent to an activating group) is 1. The van der Waals surface area contributed by atoms with Crippen LogP contribution in [0.1, 0.15) is 19.4 Å². The van der Waals surface area contributed by atoms with Gasteiger partial charge < -0.3 is 0 Å². The zero-order valence-electron chi connectivity index (χ0n) is 11.6. The molecule has 0 fully saturated rings. The van der Waals surface area contributed by atoms with Crippen LogP contribution in [0.15, 0.2) is 35.2 Å². The largest absolute Gasteiger partial charge is 0.269 e. The lowest BCUT2D eigenvalue weighted by Gasteiger charge is -2.22. The van der Waals surface area contributed by atoms with Crippen molar-refractivity contribution in [2.24, 2.45) is 0 Å². The topological polar surface area (TPSA) is 46.4 Å². The van der Waals surface area contributed by atoms with Crippen LogP contribution in [0.4, 0.5) is 5.69 Å². The molecule has 0 heterocycles. The number of halogens is 3. The van der Waals surface area contributed by atoms with Gasteiger partial charge >= 0.3 is 0 Å². The molecular weight excluding hydrogens is 355 g/mol. The summed E-state index contributed by atoms with van der Waals surface area (Å²) in [6, 6.07) is 4.29. The van der Waals surface area contributed by atoms with Crippen molar-refractivity contribution in [3.63, 3.8) is 0 Å². The van der Waals surface area contributed by atoms with Crippen LogP contribution in [0.5, 0.6) is 0 Å². The van der Waals surface area contributed by atoms with Gasteiger partial charge in [0.15, 0.2) is 0 Å². The van der Waals surface area contributed by atoms with Gasteiger partial charge in [-0.05, 0) is 24.9 Å². The maximum atomic E-state index is 10.9. The van der Waals surface area contributed by atoms with Gasteiger partial charge in [-0.3, -0.25) is 10.1 Å². The summed E-state index contributed by atoms with van der Waals surface area (Å²) in [5.41, 5.74) is 1.19. The fourth-order valence-electron chi connectivity index (χ4n) is 1.58. The number of hydrogen-bond acceptors (Lipinski definition) is 4. The molecule has 1 rings (SSSR count). The number of nitro benzene ring substituents is 1. The summed E-state index contributed by atoms with van der Waals surface area (Å²) in [4.78, 5) is 11.0. The summed E-state index contributed by atoms with van der Waals surface area (Å²) < 4.78 is 0.306. The highest BCUT2D eigenvalue weighted by Crippen LogP contribution is 2.44. The number of non-ortho nitro benzene ring substituents is 1. The first-order chi connectivity index (χ1) is 9.65. The zero-order valence-corrected chi connectivity index (χ0v) is 14.7. The van der Waals surface area contributed by atoms with Crippen LogP contribution in [0, 0.1) is 10.1 Å². The molecule has 21 heavy (non-hydrogen) atoms. The summed E-state index contributed by atoms with van der Waals surface area (Å²) >= 11 is 19.2. The van der Waals surface area contributed by atoms with Crippen LogP contribution in [-0.2, 0) is 3.79 Å². The quantitative estimate of drug-likeness (QED) is 0.224. The van der Waals surface area contributed by atoms with Crippen molar-refractivity contribution < 1.29 is 4.92 Å². The van der Waals surface area contributed by atoms with Gasteiger partial charge in [0.1, 0.15) is 0 Å². The van der Waals surface area contributed by atoms with E-state index in [1.54, 1.807) is 6.07 Å². The number of hydrogen-bond donors (Lipinski definition) is 0. The van der Waals surface area contributed by atoms with Crippen LogP contribution in [-0.4, -0.2) is 22.3 Å². The van der Waals surface area contributed by atoms with Gasteiger partial charge in [0.05, 0.1) is 4.92 Å². The second kappa shape index (κ2) is 7.70. The first-order valence-electron chi connectivity index (χ1n) is 6.08. The maximum Gasteiger partial charge on any atom is 0.269 e. The molecule has 0 atom stereocenters. The highest BCUT2D eigenvalue weighted by molar-refractivity contribution is 7.97. The molecular formula is C13H15Cl3N2O2S. The Labute approximate surface area is 143 Å². The highest BCUT2D eigenvalue weighted by atomic mass is 35.6. The zero-order chi connectivity index (χ0) is 16.2. The molecule has 0 aliphatic heterocycles. The number of rotatable bonds is 6. The molecule has 0 saturated carbocycles. The van der Waals surface area contributed by atoms with E-state index in [9.17, 15) is 10.1 Å². The van der Waals surface area contributed by atoms with E-state index >= 15 is 0 Å². The van der Waals surface area contributed by atoms with E-state index in [4.69, 9.17) is 34.8 Å². The Morgan fingerprint density at radius 1 is 1.48 bits per heavy atom. The summed E-state index contributed by atoms with van der Waals surface area (Å²) in [5.74, 6) is 0. The maximum absolute atomic E-state index is 10.9. The molecule has 0 amide bonds. The Morgan fingerprint density at radius 3 is 2.52 bits per heavy atom. The SMILES string of the molecule is C=C(C)CN(CC)Sc1ccc([N+](=O)[O-])cc1C(Cl)(Cl)Cl. The lowest BCUT2D eigenvalue weighted by Crippen LogP contribution is -2.18. The second-order valence-electron chi connectivity index (χ2n) is 4.44. The van der Waals surface area contributed by atoms with Crippen LogP contribution < -0.4 is 0 Å². The van der Waals surface area contributed by atoms with Gasteiger partial charge in [-0.15, -0.1) is 0 Å². The van der Waals surface area contributed by atoms with Crippen molar-refractivity contribution in [1.29, 1.82) is 0 Å². The van der Waals surface area contributed by atoms with Gasteiger partial charge in [-0.1, -0.05) is 53.9 Å². The minimum atomic E-state index is -1.73. The van der Waals surface area contributed by atoms with Gasteiger partial charge in [0.2, 0.25) is 3.79 Å². The molecule has 0 aliphatic rings. The highest BCUT2D eigenvalue weighted by Gasteiger charge is 2.29. The van der Waals surface area contributed by atoms with Crippen molar-refractivity contribution in [3.8, 4) is 0 Å². The summed E-state index contributed by atoms with van der Waals surface area (Å²) in [7, 11) is 0. The molecule has 0 bridgehead atoms. The summed E-state index contributed by atoms with van der Waals surface area (Å²) in [5, 5.41) is 10.9. The molecule has 1 aromatic carbocycles. The second-order valence-corrected chi connectivity index (χ2v) is 7.86. The number of nitro groups is 1. The molecule has 0 aliphatic carbocycles. The smallest absolute Gasteiger partial charge is 0.258 e. The van der Waals surface area contributed by atoms with E-state index in [0.29, 0.717) is 17.0 Å². The van der Waals surface area contributed by atoms with E-state index in [-0.39, 0.29) is 5.69 Å². The number of alkyl halides is 3. The third-order valence-electron chi connectivity index (χ3n) is 2.51. The Bertz CT molecular complexity index is 547. The predicted molar refractivity (Wildman–Crippen MR) is 90.3 cm³/mol. The van der Waals surface area contributed by atoms with E-state index in [1.807, 2.05) is 18.2 Å². The first-order valence-corrected chi connectivity index (χ1v) is 7.98. The van der Waals surface area contributed by atoms with Crippen molar-refractivity contribution in [2.45, 2.75) is 22.5 Å². The fourth-order valence-corrected chi connectivity index (χ4v) is 3.35. The van der Waals surface area contributed by atoms with Crippen LogP contribution in [0.3, 0.4) is 0 Å². The van der Waals surface area contributed by atoms with Gasteiger partial charge in [-0.2, -0.15) is 0 Å². The molecule has 0 N–H and O–H groups in total. The van der Waals surface area contributed by atoms with Crippen molar-refractivity contribution >= 4 is 52.4 Å². The van der Waals surface area contributed by atoms with Crippen LogP contribution >= 0.6 is 46.8 Å². The lowest BCUT2D eigenvalue weighted by atomic mass is 10.2. The van der Waals surface area contributed by atoms with E-state index in [2.05, 4.69) is 6.58 Å². The molecule has 116 valence electrons. The number of nitrogens with zero attached hydrogens (tertiary/aromatic N) is 2. The Morgan fingerprint density at radius 2 is 2.10 bits per heavy atom. The third-order valence-corrected chi connectivity index (χ3v) is 4.31. The minimum Gasteiger partial charge on any atom is -0.258 e. The average molecular weight is 370 g/mol. The van der Waals surface area contributed by atoms with Gasteiger partial charge in [0.25, 0.3) is 5.69 Å². The minimum absolute atomic E-state index is 0.108. The predicted octanol–water partition coefficient (Wildman–Crippen LogP) is 5.33. The summed E-state index contributed by atoms with van der Waals surface area (Å²) in [6.07, 6.45) is 0. The first kappa shape index (κ1) is 18.6. The average Bonchev–Trinajstić information content (AvgIpc) is 2.36. The van der Waals surface area contributed by atoms with E-state index in [0.717, 1.165) is 12.1 Å². The molecule has 8 heteroatoms. The van der Waals surface area contributed by atoms with Crippen LogP contribution in [0.25, 0.3) is 0 Å². The standard InChI is InChI=1S/C13H15Cl3N2O2S/c1-4-17(8-9(2)3)21-12-6-5-10(18(19)20)7-11(12)13(14,15)16/h5-7H,2,4,8H2,1,3H3. The van der Waals surface area contributed by atoms with E-state index < -0.39 is 8.72 Å². The van der Waals surface area contributed by atoms with Crippen molar-refractivity contribution in [1.82, 2.24) is 4.31 Å². The molecule has 0 unspecified atom stereocenters. The van der Waals surface area contributed by atoms with Crippen molar-refractivity contribution in [3.05, 3.63) is 46.0 Å². The Hall–Kier alpha value is -0.460. The molecule has 0 saturated heterocycles. The fraction of sp³-hybridized carbons (Fsp3) is 0.385. The normalized spacial score (nSPS) is 11.7. The van der Waals surface area contributed by atoms with Crippen LogP contribution in [0.2, 0.25) is 0 Å². The summed E-state index contributed by atoms with van der Waals surface area (Å²) in [6.45, 7) is 9.23. The molecule has 1 aromatic rings. The van der Waals surface area contributed by atoms with Gasteiger partial charge in [0, 0.05) is 35.7 Å². The van der Waals surface area contributed by atoms with Crippen molar-refractivity contribution in [2.75, 3.05) is 13.1 Å². The molecule has 0 aromatic heterocycles. The lowest BCUT2D eigenvalue weighted by molar-refractivity contribution is -0.385. The number of benzene rings is 1.